The molecule has 0 atom stereocenters. The molecule has 2 aromatic carbocycles. The Morgan fingerprint density at radius 1 is 1.05 bits per heavy atom. The second-order valence-corrected chi connectivity index (χ2v) is 4.33. The number of nitrogens with zero attached hydrogens (tertiary/aromatic N) is 1. The zero-order chi connectivity index (χ0) is 14.9. The van der Waals surface area contributed by atoms with Gasteiger partial charge in [-0.3, -0.25) is 4.99 Å². The molecule has 0 aliphatic carbocycles. The SMILES string of the molecule is C=CCOc1ccc(C=Nc2ccccc2)cc1OCC. The van der Waals surface area contributed by atoms with E-state index in [1.54, 1.807) is 6.08 Å². The van der Waals surface area contributed by atoms with Gasteiger partial charge >= 0.3 is 0 Å². The third-order valence-corrected chi connectivity index (χ3v) is 2.74. The van der Waals surface area contributed by atoms with Crippen LogP contribution < -0.4 is 9.47 Å². The van der Waals surface area contributed by atoms with Crippen molar-refractivity contribution in [2.24, 2.45) is 4.99 Å². The molecule has 3 heteroatoms. The molecule has 108 valence electrons. The highest BCUT2D eigenvalue weighted by molar-refractivity contribution is 5.83. The first kappa shape index (κ1) is 14.9. The van der Waals surface area contributed by atoms with Crippen molar-refractivity contribution < 1.29 is 9.47 Å². The molecule has 0 saturated heterocycles. The van der Waals surface area contributed by atoms with Crippen LogP contribution in [0, 0.1) is 0 Å². The van der Waals surface area contributed by atoms with Gasteiger partial charge in [-0.1, -0.05) is 30.9 Å². The summed E-state index contributed by atoms with van der Waals surface area (Å²) in [5.41, 5.74) is 1.88. The molecule has 0 N–H and O–H groups in total. The molecular formula is C18H19NO2. The molecule has 2 aromatic rings. The molecule has 0 amide bonds. The minimum Gasteiger partial charge on any atom is -0.490 e. The fourth-order valence-corrected chi connectivity index (χ4v) is 1.80. The quantitative estimate of drug-likeness (QED) is 0.556. The van der Waals surface area contributed by atoms with Crippen molar-refractivity contribution >= 4 is 11.9 Å². The Morgan fingerprint density at radius 3 is 2.57 bits per heavy atom. The molecular weight excluding hydrogens is 262 g/mol. The molecule has 0 aromatic heterocycles. The number of benzene rings is 2. The first-order valence-corrected chi connectivity index (χ1v) is 6.93. The highest BCUT2D eigenvalue weighted by atomic mass is 16.5. The van der Waals surface area contributed by atoms with Gasteiger partial charge < -0.3 is 9.47 Å². The van der Waals surface area contributed by atoms with Gasteiger partial charge in [-0.25, -0.2) is 0 Å². The van der Waals surface area contributed by atoms with Crippen LogP contribution in [0.4, 0.5) is 5.69 Å². The maximum absolute atomic E-state index is 5.61. The van der Waals surface area contributed by atoms with Crippen molar-refractivity contribution in [1.82, 2.24) is 0 Å². The first-order chi connectivity index (χ1) is 10.3. The Morgan fingerprint density at radius 2 is 1.86 bits per heavy atom. The maximum Gasteiger partial charge on any atom is 0.161 e. The molecule has 0 spiro atoms. The number of ether oxygens (including phenoxy) is 2. The Labute approximate surface area is 125 Å². The van der Waals surface area contributed by atoms with E-state index in [1.165, 1.54) is 0 Å². The van der Waals surface area contributed by atoms with Crippen molar-refractivity contribution in [2.45, 2.75) is 6.92 Å². The third kappa shape index (κ3) is 4.49. The molecule has 2 rings (SSSR count). The van der Waals surface area contributed by atoms with Gasteiger partial charge in [0, 0.05) is 6.21 Å². The van der Waals surface area contributed by atoms with E-state index in [0.29, 0.717) is 19.0 Å². The lowest BCUT2D eigenvalue weighted by Crippen LogP contribution is -1.99. The highest BCUT2D eigenvalue weighted by Gasteiger charge is 2.05. The van der Waals surface area contributed by atoms with Gasteiger partial charge in [-0.05, 0) is 42.8 Å². The summed E-state index contributed by atoms with van der Waals surface area (Å²) in [6.07, 6.45) is 3.52. The van der Waals surface area contributed by atoms with Crippen molar-refractivity contribution in [1.29, 1.82) is 0 Å². The summed E-state index contributed by atoms with van der Waals surface area (Å²) in [5.74, 6) is 1.44. The first-order valence-electron chi connectivity index (χ1n) is 6.93. The lowest BCUT2D eigenvalue weighted by atomic mass is 10.2. The second-order valence-electron chi connectivity index (χ2n) is 4.33. The van der Waals surface area contributed by atoms with Gasteiger partial charge in [0.05, 0.1) is 12.3 Å². The van der Waals surface area contributed by atoms with Crippen molar-refractivity contribution in [3.05, 3.63) is 66.7 Å². The highest BCUT2D eigenvalue weighted by Crippen LogP contribution is 2.28. The van der Waals surface area contributed by atoms with Gasteiger partial charge in [0.1, 0.15) is 6.61 Å². The van der Waals surface area contributed by atoms with Crippen LogP contribution in [-0.2, 0) is 0 Å². The third-order valence-electron chi connectivity index (χ3n) is 2.74. The summed E-state index contributed by atoms with van der Waals surface area (Å²) in [4.78, 5) is 4.43. The van der Waals surface area contributed by atoms with Gasteiger partial charge in [0.25, 0.3) is 0 Å². The number of hydrogen-bond acceptors (Lipinski definition) is 3. The molecule has 0 aliphatic heterocycles. The Kier molecular flexibility index (Phi) is 5.59. The fourth-order valence-electron chi connectivity index (χ4n) is 1.80. The minimum atomic E-state index is 0.456. The number of para-hydroxylation sites is 1. The Hall–Kier alpha value is -2.55. The molecule has 0 heterocycles. The van der Waals surface area contributed by atoms with E-state index in [-0.39, 0.29) is 0 Å². The van der Waals surface area contributed by atoms with Gasteiger partial charge in [0.15, 0.2) is 11.5 Å². The van der Waals surface area contributed by atoms with E-state index in [4.69, 9.17) is 9.47 Å². The second kappa shape index (κ2) is 7.90. The van der Waals surface area contributed by atoms with Crippen LogP contribution in [-0.4, -0.2) is 19.4 Å². The minimum absolute atomic E-state index is 0.456. The van der Waals surface area contributed by atoms with Crippen LogP contribution in [0.1, 0.15) is 12.5 Å². The zero-order valence-corrected chi connectivity index (χ0v) is 12.2. The number of hydrogen-bond donors (Lipinski definition) is 0. The maximum atomic E-state index is 5.61. The smallest absolute Gasteiger partial charge is 0.161 e. The normalized spacial score (nSPS) is 10.5. The van der Waals surface area contributed by atoms with Crippen molar-refractivity contribution in [3.8, 4) is 11.5 Å². The van der Waals surface area contributed by atoms with Crippen LogP contribution >= 0.6 is 0 Å². The monoisotopic (exact) mass is 281 g/mol. The van der Waals surface area contributed by atoms with Crippen LogP contribution in [0.15, 0.2) is 66.2 Å². The summed E-state index contributed by atoms with van der Waals surface area (Å²) in [7, 11) is 0. The predicted octanol–water partition coefficient (Wildman–Crippen LogP) is 4.40. The molecule has 0 aliphatic rings. The lowest BCUT2D eigenvalue weighted by molar-refractivity contribution is 0.297. The molecule has 21 heavy (non-hydrogen) atoms. The van der Waals surface area contributed by atoms with Crippen molar-refractivity contribution in [2.75, 3.05) is 13.2 Å². The molecule has 0 bridgehead atoms. The summed E-state index contributed by atoms with van der Waals surface area (Å²) in [5, 5.41) is 0. The topological polar surface area (TPSA) is 30.8 Å². The fraction of sp³-hybridized carbons (Fsp3) is 0.167. The zero-order valence-electron chi connectivity index (χ0n) is 12.2. The van der Waals surface area contributed by atoms with E-state index in [1.807, 2.05) is 61.7 Å². The Bertz CT molecular complexity index is 606. The number of aliphatic imine (C=N–C) groups is 1. The van der Waals surface area contributed by atoms with Crippen LogP contribution in [0.5, 0.6) is 11.5 Å². The molecule has 0 unspecified atom stereocenters. The van der Waals surface area contributed by atoms with Crippen LogP contribution in [0.3, 0.4) is 0 Å². The molecule has 0 fully saturated rings. The summed E-state index contributed by atoms with van der Waals surface area (Å²) < 4.78 is 11.2. The average molecular weight is 281 g/mol. The average Bonchev–Trinajstić information content (AvgIpc) is 2.53. The van der Waals surface area contributed by atoms with Gasteiger partial charge in [-0.2, -0.15) is 0 Å². The molecule has 3 nitrogen and oxygen atoms in total. The van der Waals surface area contributed by atoms with E-state index in [9.17, 15) is 0 Å². The standard InChI is InChI=1S/C18H19NO2/c1-3-12-21-17-11-10-15(13-18(17)20-4-2)14-19-16-8-6-5-7-9-16/h3,5-11,13-14H,1,4,12H2,2H3. The van der Waals surface area contributed by atoms with E-state index < -0.39 is 0 Å². The predicted molar refractivity (Wildman–Crippen MR) is 87.0 cm³/mol. The van der Waals surface area contributed by atoms with Crippen LogP contribution in [0.25, 0.3) is 0 Å². The van der Waals surface area contributed by atoms with Gasteiger partial charge in [0.2, 0.25) is 0 Å². The summed E-state index contributed by atoms with van der Waals surface area (Å²) >= 11 is 0. The Balaban J connectivity index is 2.18. The molecule has 0 radical (unpaired) electrons. The lowest BCUT2D eigenvalue weighted by Gasteiger charge is -2.11. The largest absolute Gasteiger partial charge is 0.490 e. The van der Waals surface area contributed by atoms with Crippen LogP contribution in [0.2, 0.25) is 0 Å². The van der Waals surface area contributed by atoms with Gasteiger partial charge in [-0.15, -0.1) is 0 Å². The molecule has 0 saturated carbocycles. The van der Waals surface area contributed by atoms with E-state index in [0.717, 1.165) is 17.0 Å². The number of rotatable bonds is 7. The summed E-state index contributed by atoms with van der Waals surface area (Å²) in [6.45, 7) is 6.63. The van der Waals surface area contributed by atoms with E-state index >= 15 is 0 Å². The summed E-state index contributed by atoms with van der Waals surface area (Å²) in [6, 6.07) is 15.6. The van der Waals surface area contributed by atoms with Crippen molar-refractivity contribution in [3.63, 3.8) is 0 Å². The van der Waals surface area contributed by atoms with E-state index in [2.05, 4.69) is 11.6 Å².